The lowest BCUT2D eigenvalue weighted by molar-refractivity contribution is 0.0954. The van der Waals surface area contributed by atoms with Crippen LogP contribution in [-0.4, -0.2) is 20.6 Å². The van der Waals surface area contributed by atoms with E-state index in [2.05, 4.69) is 10.1 Å². The summed E-state index contributed by atoms with van der Waals surface area (Å²) in [7, 11) is -3.40. The number of hydrogen-bond acceptors (Lipinski definition) is 5. The second-order valence-electron chi connectivity index (χ2n) is 4.26. The number of aryl methyl sites for hydroxylation is 1. The third-order valence-corrected chi connectivity index (χ3v) is 4.72. The number of thiophene rings is 1. The Morgan fingerprint density at radius 2 is 2.00 bits per heavy atom. The van der Waals surface area contributed by atoms with Gasteiger partial charge in [0, 0.05) is 4.88 Å². The van der Waals surface area contributed by atoms with Gasteiger partial charge in [-0.05, 0) is 31.2 Å². The summed E-state index contributed by atoms with van der Waals surface area (Å²) in [4.78, 5) is 12.9. The van der Waals surface area contributed by atoms with Gasteiger partial charge in [0.25, 0.3) is 5.91 Å². The van der Waals surface area contributed by atoms with E-state index in [0.29, 0.717) is 10.6 Å². The summed E-state index contributed by atoms with van der Waals surface area (Å²) in [6.07, 6.45) is 4.81. The smallest absolute Gasteiger partial charge is 0.268 e. The predicted octanol–water partition coefficient (Wildman–Crippen LogP) is 0.602. The third-order valence-electron chi connectivity index (χ3n) is 2.81. The molecule has 0 bridgehead atoms. The van der Waals surface area contributed by atoms with Gasteiger partial charge in [-0.1, -0.05) is 0 Å². The normalized spacial score (nSPS) is 15.0. The van der Waals surface area contributed by atoms with Crippen LogP contribution >= 0.6 is 11.3 Å². The number of carbonyl (C=O) groups is 1. The number of nitrogens with one attached hydrogen (secondary N) is 2. The van der Waals surface area contributed by atoms with E-state index in [0.717, 1.165) is 42.4 Å². The fourth-order valence-electron chi connectivity index (χ4n) is 2.12. The molecule has 0 fully saturated rings. The maximum Gasteiger partial charge on any atom is 0.268 e. The Kier molecular flexibility index (Phi) is 3.60. The van der Waals surface area contributed by atoms with Gasteiger partial charge in [0.2, 0.25) is 10.0 Å². The molecular formula is C10H15N3O3S2. The largest absolute Gasteiger partial charge is 0.290 e. The molecule has 18 heavy (non-hydrogen) atoms. The fraction of sp³-hybridized carbons (Fsp3) is 0.500. The lowest BCUT2D eigenvalue weighted by Crippen LogP contribution is -2.31. The first-order chi connectivity index (χ1) is 8.42. The van der Waals surface area contributed by atoms with Crippen LogP contribution in [0.4, 0.5) is 5.00 Å². The van der Waals surface area contributed by atoms with E-state index in [4.69, 9.17) is 5.84 Å². The van der Waals surface area contributed by atoms with Crippen LogP contribution < -0.4 is 16.0 Å². The van der Waals surface area contributed by atoms with Crippen LogP contribution in [0, 0.1) is 0 Å². The number of carbonyl (C=O) groups excluding carboxylic acids is 1. The number of rotatable bonds is 3. The molecule has 2 rings (SSSR count). The number of amides is 1. The van der Waals surface area contributed by atoms with Crippen molar-refractivity contribution in [3.05, 3.63) is 16.0 Å². The van der Waals surface area contributed by atoms with E-state index in [-0.39, 0.29) is 0 Å². The Hall–Kier alpha value is -1.12. The van der Waals surface area contributed by atoms with Gasteiger partial charge in [-0.15, -0.1) is 11.3 Å². The van der Waals surface area contributed by atoms with Crippen LogP contribution in [0.15, 0.2) is 0 Å². The summed E-state index contributed by atoms with van der Waals surface area (Å²) in [5.41, 5.74) is 3.38. The van der Waals surface area contributed by atoms with E-state index in [9.17, 15) is 13.2 Å². The molecule has 1 aliphatic rings. The highest BCUT2D eigenvalue weighted by atomic mass is 32.2. The second kappa shape index (κ2) is 4.87. The first-order valence-corrected chi connectivity index (χ1v) is 8.26. The molecule has 100 valence electrons. The number of hydrogen-bond donors (Lipinski definition) is 3. The van der Waals surface area contributed by atoms with Gasteiger partial charge in [-0.2, -0.15) is 0 Å². The zero-order valence-corrected chi connectivity index (χ0v) is 11.6. The lowest BCUT2D eigenvalue weighted by atomic mass is 9.95. The highest BCUT2D eigenvalue weighted by molar-refractivity contribution is 7.92. The summed E-state index contributed by atoms with van der Waals surface area (Å²) in [6, 6.07) is 0. The molecule has 0 spiro atoms. The van der Waals surface area contributed by atoms with E-state index >= 15 is 0 Å². The van der Waals surface area contributed by atoms with Gasteiger partial charge < -0.3 is 0 Å². The Balaban J connectivity index is 2.51. The van der Waals surface area contributed by atoms with Crippen LogP contribution in [0.3, 0.4) is 0 Å². The average Bonchev–Trinajstić information content (AvgIpc) is 2.63. The van der Waals surface area contributed by atoms with Crippen molar-refractivity contribution in [2.45, 2.75) is 25.7 Å². The topological polar surface area (TPSA) is 101 Å². The van der Waals surface area contributed by atoms with Gasteiger partial charge in [0.05, 0.1) is 11.8 Å². The predicted molar refractivity (Wildman–Crippen MR) is 71.1 cm³/mol. The van der Waals surface area contributed by atoms with E-state index in [1.54, 1.807) is 0 Å². The number of anilines is 1. The third kappa shape index (κ3) is 2.65. The minimum Gasteiger partial charge on any atom is -0.290 e. The summed E-state index contributed by atoms with van der Waals surface area (Å²) in [5, 5.41) is 0.368. The number of hydrazine groups is 1. The second-order valence-corrected chi connectivity index (χ2v) is 7.12. The Morgan fingerprint density at radius 1 is 1.33 bits per heavy atom. The molecule has 0 aliphatic heterocycles. The molecule has 0 saturated heterocycles. The number of nitrogens with two attached hydrogens (primary N) is 1. The van der Waals surface area contributed by atoms with Crippen LogP contribution in [0.5, 0.6) is 0 Å². The SMILES string of the molecule is CS(=O)(=O)Nc1sc2c(c1C(=O)NN)CCCC2. The standard InChI is InChI=1S/C10H15N3O3S2/c1-18(15,16)13-10-8(9(14)12-11)6-4-2-3-5-7(6)17-10/h13H,2-5,11H2,1H3,(H,12,14). The van der Waals surface area contributed by atoms with Crippen molar-refractivity contribution in [3.8, 4) is 0 Å². The summed E-state index contributed by atoms with van der Waals surface area (Å²) in [6.45, 7) is 0. The Morgan fingerprint density at radius 3 is 2.61 bits per heavy atom. The highest BCUT2D eigenvalue weighted by Gasteiger charge is 2.26. The first kappa shape index (κ1) is 13.3. The number of sulfonamides is 1. The summed E-state index contributed by atoms with van der Waals surface area (Å²) >= 11 is 1.33. The zero-order chi connectivity index (χ0) is 13.3. The first-order valence-electron chi connectivity index (χ1n) is 5.55. The van der Waals surface area contributed by atoms with Gasteiger partial charge in [-0.3, -0.25) is 14.9 Å². The minimum absolute atomic E-state index is 0.368. The van der Waals surface area contributed by atoms with Crippen LogP contribution in [0.2, 0.25) is 0 Å². The molecule has 1 aromatic rings. The minimum atomic E-state index is -3.40. The van der Waals surface area contributed by atoms with Gasteiger partial charge >= 0.3 is 0 Å². The Labute approximate surface area is 110 Å². The van der Waals surface area contributed by atoms with Crippen molar-refractivity contribution in [1.82, 2.24) is 5.43 Å². The molecule has 8 heteroatoms. The number of fused-ring (bicyclic) bond motifs is 1. The molecule has 0 atom stereocenters. The van der Waals surface area contributed by atoms with E-state index in [1.807, 2.05) is 0 Å². The highest BCUT2D eigenvalue weighted by Crippen LogP contribution is 2.38. The van der Waals surface area contributed by atoms with E-state index in [1.165, 1.54) is 11.3 Å². The monoisotopic (exact) mass is 289 g/mol. The van der Waals surface area contributed by atoms with Crippen LogP contribution in [-0.2, 0) is 22.9 Å². The molecule has 0 radical (unpaired) electrons. The van der Waals surface area contributed by atoms with Crippen LogP contribution in [0.25, 0.3) is 0 Å². The summed E-state index contributed by atoms with van der Waals surface area (Å²) in [5.74, 6) is 4.71. The molecule has 1 aromatic heterocycles. The van der Waals surface area contributed by atoms with Crippen molar-refractivity contribution >= 4 is 32.3 Å². The molecule has 1 aliphatic carbocycles. The van der Waals surface area contributed by atoms with Crippen molar-refractivity contribution in [1.29, 1.82) is 0 Å². The Bertz CT molecular complexity index is 577. The maximum atomic E-state index is 11.8. The van der Waals surface area contributed by atoms with Crippen LogP contribution in [0.1, 0.15) is 33.6 Å². The molecule has 6 nitrogen and oxygen atoms in total. The molecule has 0 unspecified atom stereocenters. The summed E-state index contributed by atoms with van der Waals surface area (Å²) < 4.78 is 25.0. The van der Waals surface area contributed by atoms with Gasteiger partial charge in [-0.25, -0.2) is 14.3 Å². The zero-order valence-electron chi connectivity index (χ0n) is 9.95. The van der Waals surface area contributed by atoms with Crippen molar-refractivity contribution < 1.29 is 13.2 Å². The number of nitrogen functional groups attached to an aromatic ring is 1. The average molecular weight is 289 g/mol. The molecule has 1 amide bonds. The molecular weight excluding hydrogens is 274 g/mol. The van der Waals surface area contributed by atoms with E-state index < -0.39 is 15.9 Å². The fourth-order valence-corrected chi connectivity index (χ4v) is 4.32. The van der Waals surface area contributed by atoms with Crippen molar-refractivity contribution in [2.24, 2.45) is 5.84 Å². The molecule has 0 saturated carbocycles. The lowest BCUT2D eigenvalue weighted by Gasteiger charge is -2.12. The van der Waals surface area contributed by atoms with Gasteiger partial charge in [0.1, 0.15) is 5.00 Å². The maximum absolute atomic E-state index is 11.8. The molecule has 0 aromatic carbocycles. The van der Waals surface area contributed by atoms with Crippen molar-refractivity contribution in [2.75, 3.05) is 11.0 Å². The molecule has 1 heterocycles. The molecule has 4 N–H and O–H groups in total. The quantitative estimate of drug-likeness (QED) is 0.431. The van der Waals surface area contributed by atoms with Crippen molar-refractivity contribution in [3.63, 3.8) is 0 Å². The van der Waals surface area contributed by atoms with Gasteiger partial charge in [0.15, 0.2) is 0 Å².